The van der Waals surface area contributed by atoms with Crippen LogP contribution in [0.1, 0.15) is 0 Å². The van der Waals surface area contributed by atoms with Crippen LogP contribution in [0.5, 0.6) is 0 Å². The summed E-state index contributed by atoms with van der Waals surface area (Å²) in [6, 6.07) is 13.3. The first-order chi connectivity index (χ1) is 13.0. The van der Waals surface area contributed by atoms with Crippen molar-refractivity contribution in [2.75, 3.05) is 31.1 Å². The minimum Gasteiger partial charge on any atom is -0.345 e. The van der Waals surface area contributed by atoms with E-state index in [0.717, 1.165) is 15.3 Å². The Hall–Kier alpha value is -2.56. The Morgan fingerprint density at radius 1 is 1.00 bits per heavy atom. The molecular weight excluding hydrogens is 388 g/mol. The van der Waals surface area contributed by atoms with Gasteiger partial charge >= 0.3 is 0 Å². The standard InChI is InChI=1S/C17H16N4O4S2/c22-21(23)14-6-2-4-8-16(14)27(24,25)20-11-9-19(10-12-20)17-18-13-5-1-3-7-15(13)26-17/h1-8H,9-12H2. The molecule has 1 aliphatic rings. The van der Waals surface area contributed by atoms with Gasteiger partial charge in [0.2, 0.25) is 10.0 Å². The number of nitro groups is 1. The highest BCUT2D eigenvalue weighted by atomic mass is 32.2. The second kappa shape index (κ2) is 6.87. The average molecular weight is 404 g/mol. The van der Waals surface area contributed by atoms with Gasteiger partial charge in [0.1, 0.15) is 0 Å². The summed E-state index contributed by atoms with van der Waals surface area (Å²) in [4.78, 5) is 16.9. The van der Waals surface area contributed by atoms with Crippen molar-refractivity contribution in [3.05, 3.63) is 58.6 Å². The lowest BCUT2D eigenvalue weighted by molar-refractivity contribution is -0.387. The van der Waals surface area contributed by atoms with Gasteiger partial charge in [-0.05, 0) is 18.2 Å². The maximum absolute atomic E-state index is 12.9. The van der Waals surface area contributed by atoms with E-state index in [4.69, 9.17) is 0 Å². The molecule has 0 atom stereocenters. The van der Waals surface area contributed by atoms with Crippen LogP contribution in [0.4, 0.5) is 10.8 Å². The smallest absolute Gasteiger partial charge is 0.289 e. The zero-order chi connectivity index (χ0) is 19.0. The van der Waals surface area contributed by atoms with Crippen LogP contribution in [0.3, 0.4) is 0 Å². The number of hydrogen-bond acceptors (Lipinski definition) is 7. The van der Waals surface area contributed by atoms with Crippen molar-refractivity contribution in [3.63, 3.8) is 0 Å². The van der Waals surface area contributed by atoms with Gasteiger partial charge < -0.3 is 4.90 Å². The zero-order valence-electron chi connectivity index (χ0n) is 14.2. The van der Waals surface area contributed by atoms with E-state index in [0.29, 0.717) is 13.1 Å². The van der Waals surface area contributed by atoms with Crippen LogP contribution in [0, 0.1) is 10.1 Å². The number of rotatable bonds is 4. The van der Waals surface area contributed by atoms with E-state index in [1.165, 1.54) is 28.6 Å². The van der Waals surface area contributed by atoms with Gasteiger partial charge in [-0.1, -0.05) is 35.6 Å². The quantitative estimate of drug-likeness (QED) is 0.490. The predicted molar refractivity (Wildman–Crippen MR) is 104 cm³/mol. The van der Waals surface area contributed by atoms with Gasteiger partial charge in [0.05, 0.1) is 15.1 Å². The summed E-state index contributed by atoms with van der Waals surface area (Å²) in [5.74, 6) is 0. The third-order valence-electron chi connectivity index (χ3n) is 4.47. The lowest BCUT2D eigenvalue weighted by atomic mass is 10.3. The third-order valence-corrected chi connectivity index (χ3v) is 7.51. The molecule has 0 spiro atoms. The average Bonchev–Trinajstić information content (AvgIpc) is 3.12. The van der Waals surface area contributed by atoms with E-state index in [1.54, 1.807) is 11.3 Å². The number of thiazole rings is 1. The van der Waals surface area contributed by atoms with E-state index < -0.39 is 20.6 Å². The molecule has 0 unspecified atom stereocenters. The van der Waals surface area contributed by atoms with Crippen LogP contribution < -0.4 is 4.90 Å². The molecule has 0 saturated carbocycles. The fourth-order valence-corrected chi connectivity index (χ4v) is 5.68. The van der Waals surface area contributed by atoms with Crippen molar-refractivity contribution in [1.82, 2.24) is 9.29 Å². The van der Waals surface area contributed by atoms with Gasteiger partial charge in [-0.15, -0.1) is 0 Å². The first kappa shape index (κ1) is 17.8. The summed E-state index contributed by atoms with van der Waals surface area (Å²) in [6.07, 6.45) is 0. The number of aromatic nitrogens is 1. The van der Waals surface area contributed by atoms with Crippen LogP contribution >= 0.6 is 11.3 Å². The van der Waals surface area contributed by atoms with Crippen LogP contribution in [-0.4, -0.2) is 48.8 Å². The first-order valence-corrected chi connectivity index (χ1v) is 10.6. The molecule has 0 radical (unpaired) electrons. The van der Waals surface area contributed by atoms with E-state index >= 15 is 0 Å². The van der Waals surface area contributed by atoms with E-state index in [9.17, 15) is 18.5 Å². The van der Waals surface area contributed by atoms with Gasteiger partial charge in [0.25, 0.3) is 5.69 Å². The third kappa shape index (κ3) is 3.27. The fraction of sp³-hybridized carbons (Fsp3) is 0.235. The van der Waals surface area contributed by atoms with Gasteiger partial charge in [-0.2, -0.15) is 4.31 Å². The highest BCUT2D eigenvalue weighted by Gasteiger charge is 2.33. The molecular formula is C17H16N4O4S2. The van der Waals surface area contributed by atoms with E-state index in [2.05, 4.69) is 9.88 Å². The monoisotopic (exact) mass is 404 g/mol. The Morgan fingerprint density at radius 3 is 2.37 bits per heavy atom. The van der Waals surface area contributed by atoms with Gasteiger partial charge in [-0.25, -0.2) is 13.4 Å². The Morgan fingerprint density at radius 2 is 1.67 bits per heavy atom. The van der Waals surface area contributed by atoms with Crippen LogP contribution in [-0.2, 0) is 10.0 Å². The number of anilines is 1. The van der Waals surface area contributed by atoms with Crippen LogP contribution in [0.25, 0.3) is 10.2 Å². The number of benzene rings is 2. The fourth-order valence-electron chi connectivity index (χ4n) is 3.08. The van der Waals surface area contributed by atoms with E-state index in [-0.39, 0.29) is 18.0 Å². The highest BCUT2D eigenvalue weighted by Crippen LogP contribution is 2.31. The molecule has 2 aromatic carbocycles. The molecule has 1 aliphatic heterocycles. The Labute approximate surface area is 159 Å². The summed E-state index contributed by atoms with van der Waals surface area (Å²) in [5, 5.41) is 12.0. The SMILES string of the molecule is O=[N+]([O-])c1ccccc1S(=O)(=O)N1CCN(c2nc3ccccc3s2)CC1. The van der Waals surface area contributed by atoms with Crippen LogP contribution in [0.15, 0.2) is 53.4 Å². The Kier molecular flexibility index (Phi) is 4.54. The molecule has 4 rings (SSSR count). The molecule has 2 heterocycles. The summed E-state index contributed by atoms with van der Waals surface area (Å²) < 4.78 is 28.2. The maximum atomic E-state index is 12.9. The van der Waals surface area contributed by atoms with Gasteiger partial charge in [0, 0.05) is 32.2 Å². The summed E-state index contributed by atoms with van der Waals surface area (Å²) >= 11 is 1.57. The Balaban J connectivity index is 1.54. The van der Waals surface area contributed by atoms with Crippen molar-refractivity contribution >= 4 is 42.4 Å². The predicted octanol–water partition coefficient (Wildman–Crippen LogP) is 2.72. The van der Waals surface area contributed by atoms with E-state index in [1.807, 2.05) is 24.3 Å². The molecule has 8 nitrogen and oxygen atoms in total. The van der Waals surface area contributed by atoms with Gasteiger partial charge in [-0.3, -0.25) is 10.1 Å². The van der Waals surface area contributed by atoms with Crippen molar-refractivity contribution in [1.29, 1.82) is 0 Å². The molecule has 0 amide bonds. The summed E-state index contributed by atoms with van der Waals surface area (Å²) in [6.45, 7) is 1.48. The highest BCUT2D eigenvalue weighted by molar-refractivity contribution is 7.89. The number of nitro benzene ring substituents is 1. The summed E-state index contributed by atoms with van der Waals surface area (Å²) in [5.41, 5.74) is 0.526. The topological polar surface area (TPSA) is 96.6 Å². The number of nitrogens with zero attached hydrogens (tertiary/aromatic N) is 4. The first-order valence-electron chi connectivity index (χ1n) is 8.31. The minimum absolute atomic E-state index is 0.254. The minimum atomic E-state index is -3.92. The maximum Gasteiger partial charge on any atom is 0.289 e. The van der Waals surface area contributed by atoms with Crippen molar-refractivity contribution in [2.45, 2.75) is 4.90 Å². The second-order valence-electron chi connectivity index (χ2n) is 6.08. The summed E-state index contributed by atoms with van der Waals surface area (Å²) in [7, 11) is -3.92. The lowest BCUT2D eigenvalue weighted by Crippen LogP contribution is -2.48. The second-order valence-corrected chi connectivity index (χ2v) is 9.00. The normalized spacial score (nSPS) is 15.9. The number of sulfonamides is 1. The van der Waals surface area contributed by atoms with Gasteiger partial charge in [0.15, 0.2) is 10.0 Å². The molecule has 3 aromatic rings. The lowest BCUT2D eigenvalue weighted by Gasteiger charge is -2.33. The molecule has 1 fully saturated rings. The number of piperazine rings is 1. The largest absolute Gasteiger partial charge is 0.345 e. The molecule has 1 saturated heterocycles. The van der Waals surface area contributed by atoms with Crippen molar-refractivity contribution < 1.29 is 13.3 Å². The van der Waals surface area contributed by atoms with Crippen molar-refractivity contribution in [2.24, 2.45) is 0 Å². The number of fused-ring (bicyclic) bond motifs is 1. The molecule has 0 aliphatic carbocycles. The molecule has 1 aromatic heterocycles. The zero-order valence-corrected chi connectivity index (χ0v) is 15.8. The molecule has 0 bridgehead atoms. The number of hydrogen-bond donors (Lipinski definition) is 0. The molecule has 27 heavy (non-hydrogen) atoms. The Bertz CT molecular complexity index is 1070. The molecule has 140 valence electrons. The van der Waals surface area contributed by atoms with Crippen molar-refractivity contribution in [3.8, 4) is 0 Å². The number of para-hydroxylation sites is 2. The molecule has 10 heteroatoms. The van der Waals surface area contributed by atoms with Crippen LogP contribution in [0.2, 0.25) is 0 Å². The molecule has 0 N–H and O–H groups in total.